The molecule has 5 heteroatoms. The summed E-state index contributed by atoms with van der Waals surface area (Å²) < 4.78 is 2.80. The number of anilines is 1. The van der Waals surface area contributed by atoms with Crippen LogP contribution in [0.2, 0.25) is 0 Å². The molecule has 1 N–H and O–H groups in total. The molecule has 0 aliphatic carbocycles. The van der Waals surface area contributed by atoms with E-state index in [2.05, 4.69) is 47.4 Å². The highest BCUT2D eigenvalue weighted by molar-refractivity contribution is 7.71. The lowest BCUT2D eigenvalue weighted by Crippen LogP contribution is -2.39. The Morgan fingerprint density at radius 3 is 2.44 bits per heavy atom. The molecular weight excluding hydrogens is 244 g/mol. The van der Waals surface area contributed by atoms with E-state index in [0.29, 0.717) is 5.41 Å². The van der Waals surface area contributed by atoms with E-state index in [4.69, 9.17) is 12.2 Å². The topological polar surface area (TPSA) is 36.9 Å². The first-order chi connectivity index (χ1) is 8.43. The van der Waals surface area contributed by atoms with Crippen molar-refractivity contribution in [3.05, 3.63) is 4.77 Å². The molecule has 4 nitrogen and oxygen atoms in total. The highest BCUT2D eigenvalue weighted by Crippen LogP contribution is 2.35. The van der Waals surface area contributed by atoms with Gasteiger partial charge in [-0.1, -0.05) is 20.8 Å². The second-order valence-electron chi connectivity index (χ2n) is 6.20. The Morgan fingerprint density at radius 1 is 1.33 bits per heavy atom. The first-order valence-electron chi connectivity index (χ1n) is 6.83. The van der Waals surface area contributed by atoms with Crippen LogP contribution in [0, 0.1) is 16.1 Å². The maximum absolute atomic E-state index is 5.24. The van der Waals surface area contributed by atoms with Crippen molar-refractivity contribution in [1.29, 1.82) is 0 Å². The number of piperidine rings is 1. The third-order valence-corrected chi connectivity index (χ3v) is 4.37. The molecule has 2 heterocycles. The molecule has 0 aromatic carbocycles. The van der Waals surface area contributed by atoms with E-state index in [-0.39, 0.29) is 0 Å². The van der Waals surface area contributed by atoms with E-state index in [0.717, 1.165) is 36.3 Å². The van der Waals surface area contributed by atoms with Crippen molar-refractivity contribution in [1.82, 2.24) is 14.8 Å². The summed E-state index contributed by atoms with van der Waals surface area (Å²) in [7, 11) is 0. The highest BCUT2D eigenvalue weighted by atomic mass is 32.1. The average Bonchev–Trinajstić information content (AvgIpc) is 2.69. The number of aromatic amines is 1. The molecule has 0 bridgehead atoms. The molecule has 1 fully saturated rings. The lowest BCUT2D eigenvalue weighted by atomic mass is 9.75. The quantitative estimate of drug-likeness (QED) is 0.837. The molecule has 0 amide bonds. The van der Waals surface area contributed by atoms with Crippen LogP contribution in [0.5, 0.6) is 0 Å². The summed E-state index contributed by atoms with van der Waals surface area (Å²) in [5, 5.41) is 7.27. The van der Waals surface area contributed by atoms with Crippen molar-refractivity contribution in [3.8, 4) is 0 Å². The van der Waals surface area contributed by atoms with Crippen LogP contribution in [0.4, 0.5) is 5.95 Å². The molecule has 1 aliphatic rings. The van der Waals surface area contributed by atoms with Gasteiger partial charge in [-0.25, -0.2) is 5.10 Å². The fraction of sp³-hybridized carbons (Fsp3) is 0.846. The maximum atomic E-state index is 5.24. The molecule has 0 radical (unpaired) electrons. The second-order valence-corrected chi connectivity index (χ2v) is 6.59. The first-order valence-corrected chi connectivity index (χ1v) is 7.24. The van der Waals surface area contributed by atoms with Crippen molar-refractivity contribution in [3.63, 3.8) is 0 Å². The van der Waals surface area contributed by atoms with Crippen molar-refractivity contribution in [2.45, 2.75) is 47.1 Å². The van der Waals surface area contributed by atoms with Crippen molar-refractivity contribution >= 4 is 18.2 Å². The average molecular weight is 268 g/mol. The lowest BCUT2D eigenvalue weighted by molar-refractivity contribution is 0.198. The first kappa shape index (κ1) is 13.6. The SMILES string of the molecule is CCn1c(N2CCC(C(C)(C)C)CC2)n[nH]c1=S. The normalized spacial score (nSPS) is 18.3. The van der Waals surface area contributed by atoms with Gasteiger partial charge in [0.25, 0.3) is 0 Å². The van der Waals surface area contributed by atoms with Gasteiger partial charge in [0.1, 0.15) is 0 Å². The number of nitrogens with one attached hydrogen (secondary N) is 1. The minimum absolute atomic E-state index is 0.418. The Balaban J connectivity index is 2.08. The third-order valence-electron chi connectivity index (χ3n) is 4.06. The number of H-pyrrole nitrogens is 1. The molecule has 0 saturated carbocycles. The molecule has 1 aromatic rings. The Labute approximate surface area is 114 Å². The van der Waals surface area contributed by atoms with Crippen LogP contribution in [-0.2, 0) is 6.54 Å². The van der Waals surface area contributed by atoms with Crippen LogP contribution in [0.15, 0.2) is 0 Å². The zero-order valence-corrected chi connectivity index (χ0v) is 12.7. The van der Waals surface area contributed by atoms with Gasteiger partial charge < -0.3 is 4.90 Å². The minimum Gasteiger partial charge on any atom is -0.341 e. The van der Waals surface area contributed by atoms with Gasteiger partial charge in [0, 0.05) is 19.6 Å². The number of rotatable bonds is 2. The Morgan fingerprint density at radius 2 is 1.94 bits per heavy atom. The zero-order valence-electron chi connectivity index (χ0n) is 11.9. The van der Waals surface area contributed by atoms with Crippen LogP contribution >= 0.6 is 12.2 Å². The third kappa shape index (κ3) is 2.60. The van der Waals surface area contributed by atoms with E-state index in [1.807, 2.05) is 0 Å². The van der Waals surface area contributed by atoms with Crippen LogP contribution < -0.4 is 4.90 Å². The fourth-order valence-electron chi connectivity index (χ4n) is 2.78. The predicted octanol–water partition coefficient (Wildman–Crippen LogP) is 3.22. The Bertz CT molecular complexity index is 446. The van der Waals surface area contributed by atoms with Gasteiger partial charge in [0.2, 0.25) is 5.95 Å². The van der Waals surface area contributed by atoms with Crippen LogP contribution in [0.25, 0.3) is 0 Å². The maximum Gasteiger partial charge on any atom is 0.225 e. The minimum atomic E-state index is 0.418. The van der Waals surface area contributed by atoms with Gasteiger partial charge in [0.05, 0.1) is 0 Å². The summed E-state index contributed by atoms with van der Waals surface area (Å²) in [5.74, 6) is 1.82. The van der Waals surface area contributed by atoms with Crippen LogP contribution in [-0.4, -0.2) is 27.9 Å². The van der Waals surface area contributed by atoms with E-state index >= 15 is 0 Å². The van der Waals surface area contributed by atoms with Crippen LogP contribution in [0.3, 0.4) is 0 Å². The largest absolute Gasteiger partial charge is 0.341 e. The molecule has 1 saturated heterocycles. The summed E-state index contributed by atoms with van der Waals surface area (Å²) in [5.41, 5.74) is 0.418. The van der Waals surface area contributed by atoms with Crippen LogP contribution in [0.1, 0.15) is 40.5 Å². The molecular formula is C13H24N4S. The molecule has 0 atom stereocenters. The molecule has 0 spiro atoms. The van der Waals surface area contributed by atoms with Gasteiger partial charge in [-0.15, -0.1) is 5.10 Å². The predicted molar refractivity (Wildman–Crippen MR) is 77.5 cm³/mol. The van der Waals surface area contributed by atoms with Gasteiger partial charge in [-0.3, -0.25) is 4.57 Å². The fourth-order valence-corrected chi connectivity index (χ4v) is 3.04. The number of hydrogen-bond donors (Lipinski definition) is 1. The van der Waals surface area contributed by atoms with E-state index < -0.39 is 0 Å². The zero-order chi connectivity index (χ0) is 13.3. The van der Waals surface area contributed by atoms with Crippen molar-refractivity contribution in [2.24, 2.45) is 11.3 Å². The monoisotopic (exact) mass is 268 g/mol. The summed E-state index contributed by atoms with van der Waals surface area (Å²) >= 11 is 5.24. The Kier molecular flexibility index (Phi) is 3.80. The highest BCUT2D eigenvalue weighted by Gasteiger charge is 2.30. The molecule has 1 aromatic heterocycles. The molecule has 0 unspecified atom stereocenters. The molecule has 1 aliphatic heterocycles. The van der Waals surface area contributed by atoms with Gasteiger partial charge >= 0.3 is 0 Å². The number of aromatic nitrogens is 3. The molecule has 18 heavy (non-hydrogen) atoms. The molecule has 102 valence electrons. The number of hydrogen-bond acceptors (Lipinski definition) is 3. The van der Waals surface area contributed by atoms with E-state index in [1.165, 1.54) is 12.8 Å². The van der Waals surface area contributed by atoms with Gasteiger partial charge in [-0.2, -0.15) is 0 Å². The lowest BCUT2D eigenvalue weighted by Gasteiger charge is -2.39. The number of nitrogens with zero attached hydrogens (tertiary/aromatic N) is 3. The smallest absolute Gasteiger partial charge is 0.225 e. The van der Waals surface area contributed by atoms with Gasteiger partial charge in [-0.05, 0) is 43.3 Å². The van der Waals surface area contributed by atoms with E-state index in [1.54, 1.807) is 0 Å². The van der Waals surface area contributed by atoms with Crippen molar-refractivity contribution in [2.75, 3.05) is 18.0 Å². The van der Waals surface area contributed by atoms with E-state index in [9.17, 15) is 0 Å². The standard InChI is InChI=1S/C13H24N4S/c1-5-17-11(14-15-12(17)18)16-8-6-10(7-9-16)13(2,3)4/h10H,5-9H2,1-4H3,(H,15,18). The summed E-state index contributed by atoms with van der Waals surface area (Å²) in [4.78, 5) is 2.36. The molecule has 2 rings (SSSR count). The van der Waals surface area contributed by atoms with Gasteiger partial charge in [0.15, 0.2) is 4.77 Å². The van der Waals surface area contributed by atoms with Crippen molar-refractivity contribution < 1.29 is 0 Å². The second kappa shape index (κ2) is 5.03. The summed E-state index contributed by atoms with van der Waals surface area (Å²) in [6, 6.07) is 0. The Hall–Kier alpha value is -0.840. The summed E-state index contributed by atoms with van der Waals surface area (Å²) in [6.45, 7) is 12.2. The summed E-state index contributed by atoms with van der Waals surface area (Å²) in [6.07, 6.45) is 2.49.